The first-order valence-corrected chi connectivity index (χ1v) is 7.25. The molecule has 0 amide bonds. The molecule has 0 heterocycles. The zero-order valence-electron chi connectivity index (χ0n) is 12.3. The molecule has 19 heavy (non-hydrogen) atoms. The minimum absolute atomic E-state index is 0.150. The molecule has 0 bridgehead atoms. The first kappa shape index (κ1) is 16.1. The van der Waals surface area contributed by atoms with Gasteiger partial charge in [-0.3, -0.25) is 0 Å². The lowest BCUT2D eigenvalue weighted by Gasteiger charge is -2.19. The second-order valence-corrected chi connectivity index (χ2v) is 4.91. The van der Waals surface area contributed by atoms with E-state index in [1.54, 1.807) is 12.1 Å². The maximum atomic E-state index is 13.5. The molecule has 1 rings (SSSR count). The molecule has 1 aromatic rings. The molecule has 0 aromatic heterocycles. The smallest absolute Gasteiger partial charge is 0.123 e. The lowest BCUT2D eigenvalue weighted by molar-refractivity contribution is 0.141. The summed E-state index contributed by atoms with van der Waals surface area (Å²) in [4.78, 5) is 0. The Morgan fingerprint density at radius 2 is 2.05 bits per heavy atom. The van der Waals surface area contributed by atoms with Gasteiger partial charge in [0, 0.05) is 19.3 Å². The van der Waals surface area contributed by atoms with Crippen molar-refractivity contribution in [2.45, 2.75) is 46.1 Å². The summed E-state index contributed by atoms with van der Waals surface area (Å²) < 4.78 is 18.9. The van der Waals surface area contributed by atoms with E-state index in [0.29, 0.717) is 0 Å². The van der Waals surface area contributed by atoms with Crippen molar-refractivity contribution in [1.82, 2.24) is 5.32 Å². The Labute approximate surface area is 116 Å². The zero-order chi connectivity index (χ0) is 14.1. The van der Waals surface area contributed by atoms with Crippen molar-refractivity contribution < 1.29 is 9.13 Å². The molecular formula is C16H26FNO. The molecule has 1 N–H and O–H groups in total. The van der Waals surface area contributed by atoms with Crippen molar-refractivity contribution in [2.24, 2.45) is 0 Å². The lowest BCUT2D eigenvalue weighted by atomic mass is 10.00. The summed E-state index contributed by atoms with van der Waals surface area (Å²) in [5, 5.41) is 3.49. The van der Waals surface area contributed by atoms with E-state index in [1.807, 2.05) is 13.8 Å². The molecule has 1 aromatic carbocycles. The summed E-state index contributed by atoms with van der Waals surface area (Å²) >= 11 is 0. The maximum absolute atomic E-state index is 13.5. The zero-order valence-corrected chi connectivity index (χ0v) is 12.3. The summed E-state index contributed by atoms with van der Waals surface area (Å²) in [6.45, 7) is 8.56. The summed E-state index contributed by atoms with van der Waals surface area (Å²) in [6, 6.07) is 5.49. The van der Waals surface area contributed by atoms with Crippen molar-refractivity contribution in [1.29, 1.82) is 0 Å². The highest BCUT2D eigenvalue weighted by Gasteiger charge is 2.11. The highest BCUT2D eigenvalue weighted by atomic mass is 19.1. The second-order valence-electron chi connectivity index (χ2n) is 4.91. The minimum Gasteiger partial charge on any atom is -0.382 e. The van der Waals surface area contributed by atoms with Crippen molar-refractivity contribution >= 4 is 0 Å². The Bertz CT molecular complexity index is 348. The average molecular weight is 267 g/mol. The topological polar surface area (TPSA) is 21.3 Å². The van der Waals surface area contributed by atoms with E-state index in [4.69, 9.17) is 4.74 Å². The standard InChI is InChI=1S/C16H26FNO/c1-4-8-18-16(7-6-9-19-5-2)14-10-13(3)11-15(17)12-14/h10-12,16,18H,4-9H2,1-3H3. The van der Waals surface area contributed by atoms with Gasteiger partial charge >= 0.3 is 0 Å². The summed E-state index contributed by atoms with van der Waals surface area (Å²) in [5.41, 5.74) is 2.02. The van der Waals surface area contributed by atoms with Gasteiger partial charge in [0.25, 0.3) is 0 Å². The Hall–Kier alpha value is -0.930. The third-order valence-corrected chi connectivity index (χ3v) is 3.09. The summed E-state index contributed by atoms with van der Waals surface area (Å²) in [5.74, 6) is -0.150. The molecule has 0 radical (unpaired) electrons. The van der Waals surface area contributed by atoms with Gasteiger partial charge in [-0.15, -0.1) is 0 Å². The third kappa shape index (κ3) is 6.17. The maximum Gasteiger partial charge on any atom is 0.123 e. The van der Waals surface area contributed by atoms with Crippen molar-refractivity contribution in [2.75, 3.05) is 19.8 Å². The number of hydrogen-bond donors (Lipinski definition) is 1. The number of benzene rings is 1. The van der Waals surface area contributed by atoms with Crippen LogP contribution in [0.1, 0.15) is 50.3 Å². The van der Waals surface area contributed by atoms with Crippen LogP contribution in [0.3, 0.4) is 0 Å². The van der Waals surface area contributed by atoms with E-state index in [2.05, 4.69) is 18.3 Å². The largest absolute Gasteiger partial charge is 0.382 e. The number of rotatable bonds is 9. The van der Waals surface area contributed by atoms with Crippen LogP contribution in [0.2, 0.25) is 0 Å². The van der Waals surface area contributed by atoms with Crippen LogP contribution in [-0.2, 0) is 4.74 Å². The summed E-state index contributed by atoms with van der Waals surface area (Å²) in [6.07, 6.45) is 3.05. The predicted octanol–water partition coefficient (Wildman–Crippen LogP) is 3.99. The number of halogens is 1. The molecule has 0 saturated carbocycles. The van der Waals surface area contributed by atoms with E-state index < -0.39 is 0 Å². The predicted molar refractivity (Wildman–Crippen MR) is 77.9 cm³/mol. The van der Waals surface area contributed by atoms with Gasteiger partial charge < -0.3 is 10.1 Å². The number of ether oxygens (including phenoxy) is 1. The quantitative estimate of drug-likeness (QED) is 0.683. The normalized spacial score (nSPS) is 12.6. The molecular weight excluding hydrogens is 241 g/mol. The van der Waals surface area contributed by atoms with E-state index >= 15 is 0 Å². The first-order valence-electron chi connectivity index (χ1n) is 7.25. The molecule has 1 atom stereocenters. The third-order valence-electron chi connectivity index (χ3n) is 3.09. The van der Waals surface area contributed by atoms with Crippen LogP contribution in [0.4, 0.5) is 4.39 Å². The van der Waals surface area contributed by atoms with E-state index in [1.165, 1.54) is 0 Å². The Kier molecular flexibility index (Phi) is 7.68. The van der Waals surface area contributed by atoms with Gasteiger partial charge in [-0.05, 0) is 62.9 Å². The molecule has 1 unspecified atom stereocenters. The fourth-order valence-corrected chi connectivity index (χ4v) is 2.20. The average Bonchev–Trinajstić information content (AvgIpc) is 2.36. The molecule has 0 fully saturated rings. The van der Waals surface area contributed by atoms with E-state index in [-0.39, 0.29) is 11.9 Å². The lowest BCUT2D eigenvalue weighted by Crippen LogP contribution is -2.22. The van der Waals surface area contributed by atoms with Crippen LogP contribution < -0.4 is 5.32 Å². The molecule has 3 heteroatoms. The number of aryl methyl sites for hydroxylation is 1. The molecule has 0 saturated heterocycles. The van der Waals surface area contributed by atoms with Crippen LogP contribution in [-0.4, -0.2) is 19.8 Å². The van der Waals surface area contributed by atoms with Gasteiger partial charge in [-0.25, -0.2) is 4.39 Å². The number of hydrogen-bond acceptors (Lipinski definition) is 2. The second kappa shape index (κ2) is 9.05. The fraction of sp³-hybridized carbons (Fsp3) is 0.625. The van der Waals surface area contributed by atoms with Gasteiger partial charge in [0.15, 0.2) is 0 Å². The molecule has 108 valence electrons. The highest BCUT2D eigenvalue weighted by molar-refractivity contribution is 5.26. The van der Waals surface area contributed by atoms with Gasteiger partial charge in [0.1, 0.15) is 5.82 Å². The van der Waals surface area contributed by atoms with Crippen molar-refractivity contribution in [3.63, 3.8) is 0 Å². The van der Waals surface area contributed by atoms with Crippen LogP contribution >= 0.6 is 0 Å². The number of nitrogens with one attached hydrogen (secondary N) is 1. The van der Waals surface area contributed by atoms with Gasteiger partial charge in [-0.2, -0.15) is 0 Å². The fourth-order valence-electron chi connectivity index (χ4n) is 2.20. The van der Waals surface area contributed by atoms with Crippen molar-refractivity contribution in [3.05, 3.63) is 35.1 Å². The monoisotopic (exact) mass is 267 g/mol. The van der Waals surface area contributed by atoms with E-state index in [9.17, 15) is 4.39 Å². The van der Waals surface area contributed by atoms with Gasteiger partial charge in [0.05, 0.1) is 0 Å². The van der Waals surface area contributed by atoms with Gasteiger partial charge in [0.2, 0.25) is 0 Å². The molecule has 0 aliphatic carbocycles. The molecule has 2 nitrogen and oxygen atoms in total. The minimum atomic E-state index is -0.150. The van der Waals surface area contributed by atoms with Crippen LogP contribution in [0.5, 0.6) is 0 Å². The Balaban J connectivity index is 2.65. The van der Waals surface area contributed by atoms with Crippen molar-refractivity contribution in [3.8, 4) is 0 Å². The Morgan fingerprint density at radius 3 is 2.68 bits per heavy atom. The highest BCUT2D eigenvalue weighted by Crippen LogP contribution is 2.21. The molecule has 0 spiro atoms. The molecule has 0 aliphatic rings. The van der Waals surface area contributed by atoms with Gasteiger partial charge in [-0.1, -0.05) is 13.0 Å². The van der Waals surface area contributed by atoms with Crippen LogP contribution in [0.25, 0.3) is 0 Å². The Morgan fingerprint density at radius 1 is 1.26 bits per heavy atom. The van der Waals surface area contributed by atoms with Crippen LogP contribution in [0.15, 0.2) is 18.2 Å². The SMILES string of the molecule is CCCNC(CCCOCC)c1cc(C)cc(F)c1. The van der Waals surface area contributed by atoms with Crippen LogP contribution in [0, 0.1) is 12.7 Å². The summed E-state index contributed by atoms with van der Waals surface area (Å²) in [7, 11) is 0. The van der Waals surface area contributed by atoms with E-state index in [0.717, 1.165) is 50.1 Å². The molecule has 0 aliphatic heterocycles. The first-order chi connectivity index (χ1) is 9.17.